The minimum Gasteiger partial charge on any atom is -0.366 e. The molecule has 28 heavy (non-hydrogen) atoms. The second-order valence-electron chi connectivity index (χ2n) is 6.01. The van der Waals surface area contributed by atoms with Crippen LogP contribution in [-0.2, 0) is 12.7 Å². The van der Waals surface area contributed by atoms with Crippen LogP contribution in [0.2, 0.25) is 0 Å². The predicted octanol–water partition coefficient (Wildman–Crippen LogP) is 3.34. The molecule has 10 heteroatoms. The molecule has 0 saturated carbocycles. The van der Waals surface area contributed by atoms with Crippen LogP contribution < -0.4 is 11.0 Å². The van der Waals surface area contributed by atoms with Gasteiger partial charge in [-0.1, -0.05) is 6.07 Å². The van der Waals surface area contributed by atoms with Gasteiger partial charge < -0.3 is 15.3 Å². The van der Waals surface area contributed by atoms with Crippen LogP contribution in [0.5, 0.6) is 0 Å². The van der Waals surface area contributed by atoms with E-state index in [1.165, 1.54) is 12.4 Å². The van der Waals surface area contributed by atoms with E-state index in [0.29, 0.717) is 16.6 Å². The van der Waals surface area contributed by atoms with Crippen molar-refractivity contribution in [1.82, 2.24) is 24.9 Å². The van der Waals surface area contributed by atoms with E-state index in [0.717, 1.165) is 11.6 Å². The summed E-state index contributed by atoms with van der Waals surface area (Å²) in [5.41, 5.74) is 1.02. The molecule has 0 saturated heterocycles. The van der Waals surface area contributed by atoms with Crippen LogP contribution >= 0.6 is 0 Å². The molecule has 142 valence electrons. The van der Waals surface area contributed by atoms with Gasteiger partial charge in [0.2, 0.25) is 0 Å². The number of nitrogens with one attached hydrogen (secondary N) is 3. The number of alkyl halides is 3. The second kappa shape index (κ2) is 6.80. The normalized spacial score (nSPS) is 11.7. The van der Waals surface area contributed by atoms with E-state index in [2.05, 4.69) is 30.2 Å². The zero-order valence-electron chi connectivity index (χ0n) is 14.2. The van der Waals surface area contributed by atoms with E-state index in [1.54, 1.807) is 30.3 Å². The quantitative estimate of drug-likeness (QED) is 0.500. The minimum atomic E-state index is -4.61. The van der Waals surface area contributed by atoms with Gasteiger partial charge in [0.1, 0.15) is 5.82 Å². The van der Waals surface area contributed by atoms with E-state index in [-0.39, 0.29) is 23.9 Å². The molecule has 0 spiro atoms. The zero-order valence-corrected chi connectivity index (χ0v) is 14.2. The van der Waals surface area contributed by atoms with Gasteiger partial charge in [0.25, 0.3) is 0 Å². The molecule has 0 aliphatic carbocycles. The Labute approximate surface area is 155 Å². The molecule has 1 aromatic carbocycles. The average molecular weight is 386 g/mol. The number of aromatic nitrogens is 5. The maximum absolute atomic E-state index is 13.2. The molecule has 3 aromatic heterocycles. The fraction of sp³-hybridized carbons (Fsp3) is 0.111. The van der Waals surface area contributed by atoms with Crippen molar-refractivity contribution in [2.75, 3.05) is 5.32 Å². The van der Waals surface area contributed by atoms with Crippen LogP contribution in [0.15, 0.2) is 53.6 Å². The Balaban J connectivity index is 1.64. The maximum atomic E-state index is 13.2. The minimum absolute atomic E-state index is 0.0313. The molecule has 0 fully saturated rings. The Bertz CT molecular complexity index is 1180. The summed E-state index contributed by atoms with van der Waals surface area (Å²) in [7, 11) is 0. The summed E-state index contributed by atoms with van der Waals surface area (Å²) in [6.45, 7) is 0.212. The van der Waals surface area contributed by atoms with Gasteiger partial charge in [-0.2, -0.15) is 13.2 Å². The van der Waals surface area contributed by atoms with Gasteiger partial charge in [0.05, 0.1) is 11.0 Å². The Morgan fingerprint density at radius 3 is 2.61 bits per heavy atom. The largest absolute Gasteiger partial charge is 0.433 e. The van der Waals surface area contributed by atoms with Gasteiger partial charge >= 0.3 is 11.9 Å². The Kier molecular flexibility index (Phi) is 4.30. The lowest BCUT2D eigenvalue weighted by Gasteiger charge is -2.12. The highest BCUT2D eigenvalue weighted by atomic mass is 19.4. The Hall–Kier alpha value is -3.69. The van der Waals surface area contributed by atoms with E-state index in [1.807, 2.05) is 0 Å². The number of rotatable bonds is 4. The van der Waals surface area contributed by atoms with Crippen molar-refractivity contribution in [2.24, 2.45) is 0 Å². The van der Waals surface area contributed by atoms with E-state index >= 15 is 0 Å². The molecule has 0 radical (unpaired) electrons. The molecule has 4 rings (SSSR count). The zero-order chi connectivity index (χ0) is 19.7. The van der Waals surface area contributed by atoms with Crippen LogP contribution in [0, 0.1) is 0 Å². The molecular formula is C18H13F3N6O. The van der Waals surface area contributed by atoms with Crippen molar-refractivity contribution < 1.29 is 13.2 Å². The van der Waals surface area contributed by atoms with Crippen molar-refractivity contribution >= 4 is 16.9 Å². The molecule has 0 aliphatic rings. The predicted molar refractivity (Wildman–Crippen MR) is 96.5 cm³/mol. The van der Waals surface area contributed by atoms with Crippen LogP contribution in [0.3, 0.4) is 0 Å². The summed E-state index contributed by atoms with van der Waals surface area (Å²) in [5, 5.41) is 2.88. The Morgan fingerprint density at radius 1 is 1.04 bits per heavy atom. The van der Waals surface area contributed by atoms with Crippen molar-refractivity contribution in [2.45, 2.75) is 12.7 Å². The van der Waals surface area contributed by atoms with Gasteiger partial charge in [-0.05, 0) is 29.8 Å². The summed E-state index contributed by atoms with van der Waals surface area (Å²) in [5.74, 6) is -0.0420. The highest BCUT2D eigenvalue weighted by Gasteiger charge is 2.33. The van der Waals surface area contributed by atoms with E-state index < -0.39 is 11.9 Å². The van der Waals surface area contributed by atoms with Gasteiger partial charge in [-0.25, -0.2) is 14.8 Å². The molecular weight excluding hydrogens is 373 g/mol. The molecule has 7 nitrogen and oxygen atoms in total. The summed E-state index contributed by atoms with van der Waals surface area (Å²) in [4.78, 5) is 28.3. The first-order valence-corrected chi connectivity index (χ1v) is 8.20. The third-order valence-electron chi connectivity index (χ3n) is 3.99. The summed E-state index contributed by atoms with van der Waals surface area (Å²) >= 11 is 0. The molecule has 4 aromatic rings. The smallest absolute Gasteiger partial charge is 0.366 e. The monoisotopic (exact) mass is 386 g/mol. The molecule has 0 bridgehead atoms. The fourth-order valence-corrected chi connectivity index (χ4v) is 2.69. The van der Waals surface area contributed by atoms with Crippen LogP contribution in [-0.4, -0.2) is 24.9 Å². The number of fused-ring (bicyclic) bond motifs is 1. The molecule has 3 heterocycles. The number of aromatic amines is 2. The van der Waals surface area contributed by atoms with Crippen molar-refractivity contribution in [3.05, 3.63) is 70.5 Å². The number of benzene rings is 1. The SMILES string of the molecule is O=c1[nH]c2ccc(CNc3cc(C(F)(F)F)nc(-c4cccnc4)n3)cc2[nH]1. The highest BCUT2D eigenvalue weighted by Crippen LogP contribution is 2.30. The second-order valence-corrected chi connectivity index (χ2v) is 6.01. The molecule has 0 aliphatic heterocycles. The van der Waals surface area contributed by atoms with E-state index in [9.17, 15) is 18.0 Å². The number of pyridine rings is 1. The molecule has 3 N–H and O–H groups in total. The van der Waals surface area contributed by atoms with Gasteiger partial charge in [-0.15, -0.1) is 0 Å². The van der Waals surface area contributed by atoms with Crippen molar-refractivity contribution in [1.29, 1.82) is 0 Å². The molecule has 0 atom stereocenters. The van der Waals surface area contributed by atoms with Crippen molar-refractivity contribution in [3.8, 4) is 11.4 Å². The molecule has 0 unspecified atom stereocenters. The van der Waals surface area contributed by atoms with Crippen LogP contribution in [0.4, 0.5) is 19.0 Å². The number of H-pyrrole nitrogens is 2. The number of nitrogens with zero attached hydrogens (tertiary/aromatic N) is 3. The summed E-state index contributed by atoms with van der Waals surface area (Å²) < 4.78 is 39.7. The van der Waals surface area contributed by atoms with Gasteiger partial charge in [0.15, 0.2) is 11.5 Å². The fourth-order valence-electron chi connectivity index (χ4n) is 2.69. The first-order valence-electron chi connectivity index (χ1n) is 8.20. The lowest BCUT2D eigenvalue weighted by atomic mass is 10.2. The van der Waals surface area contributed by atoms with Crippen LogP contribution in [0.1, 0.15) is 11.3 Å². The standard InChI is InChI=1S/C18H13F3N6O/c19-18(20,21)14-7-15(27-16(26-14)11-2-1-5-22-9-11)23-8-10-3-4-12-13(6-10)25-17(28)24-12/h1-7,9H,8H2,(H,23,26,27)(H2,24,25,28). The first kappa shape index (κ1) is 17.7. The number of hydrogen-bond donors (Lipinski definition) is 3. The number of anilines is 1. The molecule has 0 amide bonds. The highest BCUT2D eigenvalue weighted by molar-refractivity contribution is 5.75. The lowest BCUT2D eigenvalue weighted by Crippen LogP contribution is -2.12. The van der Waals surface area contributed by atoms with Gasteiger partial charge in [-0.3, -0.25) is 4.98 Å². The topological polar surface area (TPSA) is 99.3 Å². The number of hydrogen-bond acceptors (Lipinski definition) is 5. The van der Waals surface area contributed by atoms with E-state index in [4.69, 9.17) is 0 Å². The third kappa shape index (κ3) is 3.70. The number of imidazole rings is 1. The van der Waals surface area contributed by atoms with Gasteiger partial charge in [0, 0.05) is 30.6 Å². The Morgan fingerprint density at radius 2 is 1.86 bits per heavy atom. The summed E-state index contributed by atoms with van der Waals surface area (Å²) in [6, 6.07) is 9.24. The van der Waals surface area contributed by atoms with Crippen LogP contribution in [0.25, 0.3) is 22.4 Å². The third-order valence-corrected chi connectivity index (χ3v) is 3.99. The number of halogens is 3. The summed E-state index contributed by atoms with van der Waals surface area (Å²) in [6.07, 6.45) is -1.70. The average Bonchev–Trinajstić information content (AvgIpc) is 3.05. The van der Waals surface area contributed by atoms with Crippen molar-refractivity contribution in [3.63, 3.8) is 0 Å². The maximum Gasteiger partial charge on any atom is 0.433 e. The first-order chi connectivity index (χ1) is 13.4. The lowest BCUT2D eigenvalue weighted by molar-refractivity contribution is -0.141.